The van der Waals surface area contributed by atoms with Crippen LogP contribution in [0, 0.1) is 6.92 Å². The van der Waals surface area contributed by atoms with Gasteiger partial charge in [-0.3, -0.25) is 19.2 Å². The Morgan fingerprint density at radius 2 is 1.06 bits per heavy atom. The van der Waals surface area contributed by atoms with Crippen molar-refractivity contribution in [2.75, 3.05) is 9.80 Å². The van der Waals surface area contributed by atoms with Crippen LogP contribution in [0.4, 0.5) is 22.7 Å². The number of benzene rings is 6. The lowest BCUT2D eigenvalue weighted by Crippen LogP contribution is -2.32. The summed E-state index contributed by atoms with van der Waals surface area (Å²) in [7, 11) is 0. The predicted molar refractivity (Wildman–Crippen MR) is 322 cm³/mol. The molecule has 6 aromatic carbocycles. The van der Waals surface area contributed by atoms with Crippen molar-refractivity contribution in [3.05, 3.63) is 234 Å². The molecule has 2 saturated heterocycles. The largest absolute Gasteiger partial charge is 0.369 e. The highest BCUT2D eigenvalue weighted by atomic mass is 16.7. The molecule has 4 heterocycles. The van der Waals surface area contributed by atoms with Crippen molar-refractivity contribution in [1.29, 1.82) is 0 Å². The van der Waals surface area contributed by atoms with E-state index in [1.165, 1.54) is 0 Å². The lowest BCUT2D eigenvalue weighted by Gasteiger charge is -2.27. The van der Waals surface area contributed by atoms with Crippen LogP contribution in [-0.2, 0) is 19.2 Å². The summed E-state index contributed by atoms with van der Waals surface area (Å²) in [5, 5.41) is 4.43. The summed E-state index contributed by atoms with van der Waals surface area (Å²) in [4.78, 5) is 65.4. The van der Waals surface area contributed by atoms with Crippen molar-refractivity contribution in [2.24, 2.45) is 0 Å². The number of amides is 4. The maximum absolute atomic E-state index is 12.4. The summed E-state index contributed by atoms with van der Waals surface area (Å²) in [6.45, 7) is 25.8. The smallest absolute Gasteiger partial charge is 0.263 e. The normalized spacial score (nSPS) is 14.2. The van der Waals surface area contributed by atoms with Gasteiger partial charge < -0.3 is 28.6 Å². The molecule has 0 atom stereocenters. The van der Waals surface area contributed by atoms with Crippen molar-refractivity contribution in [2.45, 2.75) is 53.4 Å². The Morgan fingerprint density at radius 1 is 0.588 bits per heavy atom. The van der Waals surface area contributed by atoms with Gasteiger partial charge in [-0.2, -0.15) is 0 Å². The highest BCUT2D eigenvalue weighted by Crippen LogP contribution is 2.38. The van der Waals surface area contributed by atoms with E-state index in [0.29, 0.717) is 17.2 Å². The molecule has 12 heteroatoms. The number of allylic oxidation sites excluding steroid dienone is 6. The number of carbonyl (C=O) groups excluding carboxylic acids is 4. The Hall–Kier alpha value is -10.2. The summed E-state index contributed by atoms with van der Waals surface area (Å²) in [5.41, 5.74) is 13.7. The molecule has 2 fully saturated rings. The van der Waals surface area contributed by atoms with Gasteiger partial charge in [-0.15, -0.1) is 10.1 Å². The summed E-state index contributed by atoms with van der Waals surface area (Å²) in [6, 6.07) is 49.5. The number of aromatic nitrogens is 2. The first kappa shape index (κ1) is 53.2. The minimum atomic E-state index is -0.374. The Labute approximate surface area is 465 Å². The number of hydrogen-bond acceptors (Lipinski definition) is 8. The van der Waals surface area contributed by atoms with Crippen LogP contribution in [0.2, 0.25) is 0 Å². The van der Waals surface area contributed by atoms with Gasteiger partial charge in [-0.1, -0.05) is 105 Å². The van der Waals surface area contributed by atoms with Crippen LogP contribution in [0.5, 0.6) is 11.5 Å². The molecule has 2 aliphatic heterocycles. The van der Waals surface area contributed by atoms with Crippen LogP contribution >= 0.6 is 0 Å². The molecule has 398 valence electrons. The molecule has 0 aliphatic carbocycles. The molecular formula is C68H60N6O6. The van der Waals surface area contributed by atoms with Gasteiger partial charge in [0.25, 0.3) is 23.6 Å². The van der Waals surface area contributed by atoms with Gasteiger partial charge in [0.05, 0.1) is 11.2 Å². The van der Waals surface area contributed by atoms with Crippen LogP contribution in [0.1, 0.15) is 69.0 Å². The first-order valence-electron chi connectivity index (χ1n) is 26.4. The molecule has 2 aromatic heterocycles. The molecule has 2 aliphatic rings. The lowest BCUT2D eigenvalue weighted by molar-refractivity contribution is -0.165. The Bertz CT molecular complexity index is 3940. The van der Waals surface area contributed by atoms with Crippen LogP contribution in [-0.4, -0.2) is 42.9 Å². The van der Waals surface area contributed by atoms with E-state index < -0.39 is 0 Å². The predicted octanol–water partition coefficient (Wildman–Crippen LogP) is 13.8. The van der Waals surface area contributed by atoms with Gasteiger partial charge in [-0.05, 0) is 154 Å². The van der Waals surface area contributed by atoms with E-state index in [2.05, 4.69) is 151 Å². The number of fused-ring (bicyclic) bond motifs is 1. The van der Waals surface area contributed by atoms with Gasteiger partial charge >= 0.3 is 0 Å². The quantitative estimate of drug-likeness (QED) is 0.0617. The van der Waals surface area contributed by atoms with Crippen molar-refractivity contribution in [3.63, 3.8) is 0 Å². The molecule has 0 spiro atoms. The van der Waals surface area contributed by atoms with Crippen LogP contribution in [0.3, 0.4) is 0 Å². The molecule has 10 rings (SSSR count). The number of hydrogen-bond donors (Lipinski definition) is 0. The summed E-state index contributed by atoms with van der Waals surface area (Å²) in [5.74, 6) is -0.775. The molecule has 0 N–H and O–H groups in total. The highest BCUT2D eigenvalue weighted by molar-refractivity contribution is 6.01. The second-order valence-electron chi connectivity index (χ2n) is 19.3. The molecule has 4 amide bonds. The summed E-state index contributed by atoms with van der Waals surface area (Å²) in [6.07, 6.45) is 14.6. The molecule has 0 unspecified atom stereocenters. The van der Waals surface area contributed by atoms with Gasteiger partial charge in [-0.25, -0.2) is 0 Å². The summed E-state index contributed by atoms with van der Waals surface area (Å²) < 4.78 is 4.34. The number of carbonyl (C=O) groups is 4. The van der Waals surface area contributed by atoms with E-state index in [9.17, 15) is 19.2 Å². The third-order valence-electron chi connectivity index (χ3n) is 14.3. The van der Waals surface area contributed by atoms with Gasteiger partial charge in [0.1, 0.15) is 0 Å². The second kappa shape index (κ2) is 22.8. The maximum atomic E-state index is 12.4. The van der Waals surface area contributed by atoms with E-state index >= 15 is 0 Å². The number of imide groups is 2. The number of hydroxylamine groups is 4. The number of anilines is 4. The maximum Gasteiger partial charge on any atom is 0.263 e. The van der Waals surface area contributed by atoms with E-state index in [1.807, 2.05) is 91.6 Å². The highest BCUT2D eigenvalue weighted by Gasteiger charge is 2.33. The fourth-order valence-electron chi connectivity index (χ4n) is 10.5. The average molecular weight is 1060 g/mol. The SMILES string of the molecule is C=Cc1c(/C=C(\C)N(c2ccc(ON3C(=O)CCC3=O)cc2)c2ccc(-c3ccc(N(C(=C)/C=c4\c(=C)n(-c5ccccc5)c5ccccc45)c4ccc(ON5C(=O)CCC5=O)cc4)cc3)cc2)c(C)n(C(/C=C\C)=C/C)c1C=C. The molecular weight excluding hydrogens is 997 g/mol. The molecule has 80 heavy (non-hydrogen) atoms. The van der Waals surface area contributed by atoms with Crippen molar-refractivity contribution in [3.8, 4) is 28.3 Å². The first-order valence-corrected chi connectivity index (χ1v) is 26.4. The van der Waals surface area contributed by atoms with Crippen molar-refractivity contribution < 1.29 is 28.9 Å². The molecule has 12 nitrogen and oxygen atoms in total. The number of rotatable bonds is 18. The molecule has 8 aromatic rings. The minimum absolute atomic E-state index is 0.116. The van der Waals surface area contributed by atoms with E-state index in [-0.39, 0.29) is 49.3 Å². The van der Waals surface area contributed by atoms with Crippen LogP contribution < -0.4 is 30.0 Å². The second-order valence-corrected chi connectivity index (χ2v) is 19.3. The monoisotopic (exact) mass is 1060 g/mol. The van der Waals surface area contributed by atoms with E-state index in [4.69, 9.17) is 9.68 Å². The van der Waals surface area contributed by atoms with E-state index in [0.717, 1.165) is 105 Å². The number of para-hydroxylation sites is 2. The molecule has 0 bridgehead atoms. The Balaban J connectivity index is 1.01. The van der Waals surface area contributed by atoms with Crippen LogP contribution in [0.25, 0.3) is 64.3 Å². The lowest BCUT2D eigenvalue weighted by atomic mass is 10.0. The Morgan fingerprint density at radius 3 is 1.54 bits per heavy atom. The Kier molecular flexibility index (Phi) is 15.2. The topological polar surface area (TPSA) is 110 Å². The molecule has 0 radical (unpaired) electrons. The fourth-order valence-corrected chi connectivity index (χ4v) is 10.5. The fraction of sp³-hybridized carbons (Fsp3) is 0.118. The third-order valence-corrected chi connectivity index (χ3v) is 14.3. The van der Waals surface area contributed by atoms with Gasteiger partial charge in [0.15, 0.2) is 11.5 Å². The summed E-state index contributed by atoms with van der Waals surface area (Å²) >= 11 is 0. The number of nitrogens with zero attached hydrogens (tertiary/aromatic N) is 6. The average Bonchev–Trinajstić information content (AvgIpc) is 4.37. The standard InChI is InChI=1S/C68H60N6O6/c1-9-18-51(10-2)71-47(7)61(59(11-3)63(71)12-4)43-45(5)69(55-31-35-57(36-32-55)79-73-65(75)39-40-66(73)76)53-27-23-49(24-28-53)50-25-29-54(30-26-50)70(56-33-37-58(38-34-56)80-74-67(77)41-42-68(74)78)46(6)44-62-48(8)72(52-19-14-13-15-20-52)64-22-17-16-21-60(62)64/h9-38,43-44H,3-4,6,8,39-42H2,1-2,5,7H3/b18-9-,45-43+,51-10+,62-44+. The van der Waals surface area contributed by atoms with Crippen molar-refractivity contribution >= 4 is 93.9 Å². The third kappa shape index (κ3) is 10.3. The minimum Gasteiger partial charge on any atom is -0.369 e. The van der Waals surface area contributed by atoms with Gasteiger partial charge in [0.2, 0.25) is 0 Å². The zero-order valence-corrected chi connectivity index (χ0v) is 45.3. The van der Waals surface area contributed by atoms with E-state index in [1.54, 1.807) is 24.3 Å². The zero-order chi connectivity index (χ0) is 56.2. The zero-order valence-electron chi connectivity index (χ0n) is 45.3. The van der Waals surface area contributed by atoms with Crippen LogP contribution in [0.15, 0.2) is 201 Å². The van der Waals surface area contributed by atoms with Crippen molar-refractivity contribution in [1.82, 2.24) is 19.3 Å². The van der Waals surface area contributed by atoms with Gasteiger partial charge in [0, 0.05) is 104 Å². The first-order chi connectivity index (χ1) is 38.8. The molecule has 0 saturated carbocycles.